The molecule has 0 bridgehead atoms. The van der Waals surface area contributed by atoms with Gasteiger partial charge in [-0.1, -0.05) is 0 Å². The van der Waals surface area contributed by atoms with E-state index in [1.807, 2.05) is 7.05 Å². The van der Waals surface area contributed by atoms with Crippen LogP contribution in [0.15, 0.2) is 0 Å². The Bertz CT molecular complexity index is 73.3. The van der Waals surface area contributed by atoms with Gasteiger partial charge >= 0.3 is 59.3 Å². The van der Waals surface area contributed by atoms with E-state index in [2.05, 4.69) is 5.43 Å². The fourth-order valence-electron chi connectivity index (χ4n) is 0.269. The van der Waals surface area contributed by atoms with E-state index in [0.29, 0.717) is 26.4 Å². The zero-order chi connectivity index (χ0) is 5.86. The summed E-state index contributed by atoms with van der Waals surface area (Å²) in [6.45, 7) is 1.50. The quantitative estimate of drug-likeness (QED) is 0.518. The molecule has 0 radical (unpaired) electrons. The van der Waals surface area contributed by atoms with Crippen LogP contribution in [-0.4, -0.2) is 15.7 Å². The first-order chi connectivity index (χ1) is 3.13. The molecule has 1 amide bonds. The number of carbonyl (C=O) groups is 1. The van der Waals surface area contributed by atoms with Crippen molar-refractivity contribution < 1.29 is 31.2 Å². The second kappa shape index (κ2) is 3.38. The van der Waals surface area contributed by atoms with Gasteiger partial charge in [-0.2, -0.15) is 0 Å². The van der Waals surface area contributed by atoms with Crippen molar-refractivity contribution in [1.82, 2.24) is 8.20 Å². The van der Waals surface area contributed by atoms with Crippen molar-refractivity contribution in [2.75, 3.05) is 7.05 Å². The van der Waals surface area contributed by atoms with E-state index in [1.165, 1.54) is 6.92 Å². The Morgan fingerprint density at radius 1 is 1.86 bits per heavy atom. The Labute approximate surface area is 59.4 Å². The summed E-state index contributed by atoms with van der Waals surface area (Å²) < 4.78 is 1.79. The van der Waals surface area contributed by atoms with Gasteiger partial charge in [0.25, 0.3) is 0 Å². The number of amides is 1. The molecule has 0 rings (SSSR count). The number of nitrogens with one attached hydrogen (secondary N) is 1. The molecule has 1 N–H and O–H groups in total. The van der Waals surface area contributed by atoms with Gasteiger partial charge in [-0.05, 0) is 0 Å². The monoisotopic (exact) mass is 289 g/mol. The fourth-order valence-corrected chi connectivity index (χ4v) is 1.13. The van der Waals surface area contributed by atoms with Crippen LogP contribution < -0.4 is 5.43 Å². The van der Waals surface area contributed by atoms with E-state index in [9.17, 15) is 4.79 Å². The molecule has 0 aliphatic rings. The molecule has 0 aliphatic carbocycles. The zero-order valence-corrected chi connectivity index (χ0v) is 10.1. The molecule has 0 aliphatic heterocycles. The van der Waals surface area contributed by atoms with Crippen molar-refractivity contribution in [1.29, 1.82) is 0 Å². The predicted molar refractivity (Wildman–Crippen MR) is 21.6 cm³/mol. The van der Waals surface area contributed by atoms with Gasteiger partial charge in [0.05, 0.1) is 0 Å². The van der Waals surface area contributed by atoms with Gasteiger partial charge in [-0.15, -0.1) is 0 Å². The molecule has 0 saturated heterocycles. The number of carbonyl (C=O) groups excluding carboxylic acids is 1. The van der Waals surface area contributed by atoms with Crippen LogP contribution in [0.5, 0.6) is 0 Å². The Hall–Kier alpha value is 0.365. The number of hydrogen-bond donors (Lipinski definition) is 1. The van der Waals surface area contributed by atoms with E-state index in [0.717, 1.165) is 0 Å². The van der Waals surface area contributed by atoms with Crippen LogP contribution in [0.25, 0.3) is 0 Å². The first-order valence-electron chi connectivity index (χ1n) is 1.94. The van der Waals surface area contributed by atoms with Gasteiger partial charge in [-0.25, -0.2) is 0 Å². The Morgan fingerprint density at radius 2 is 2.29 bits per heavy atom. The van der Waals surface area contributed by atoms with Crippen LogP contribution in [-0.2, 0) is 31.2 Å². The molecule has 0 atom stereocenters. The minimum atomic E-state index is 0.0116. The van der Waals surface area contributed by atoms with Crippen molar-refractivity contribution in [3.63, 3.8) is 0 Å². The van der Waals surface area contributed by atoms with Crippen molar-refractivity contribution in [3.8, 4) is 0 Å². The van der Waals surface area contributed by atoms with Crippen LogP contribution in [0, 0.1) is 0 Å². The summed E-state index contributed by atoms with van der Waals surface area (Å²) >= 11 is 0.509. The van der Waals surface area contributed by atoms with Gasteiger partial charge in [0.2, 0.25) is 0 Å². The van der Waals surface area contributed by atoms with Crippen molar-refractivity contribution in [2.45, 2.75) is 6.92 Å². The van der Waals surface area contributed by atoms with Gasteiger partial charge < -0.3 is 0 Å². The summed E-state index contributed by atoms with van der Waals surface area (Å²) in [5.74, 6) is 0.0116. The molecule has 0 spiro atoms. The first kappa shape index (κ1) is 7.37. The van der Waals surface area contributed by atoms with E-state index >= 15 is 0 Å². The SMILES string of the molecule is CC(=O)N[N](C)[Hg]. The average molecular weight is 288 g/mol. The second-order valence-electron chi connectivity index (χ2n) is 1.37. The Balaban J connectivity index is 3.13. The molecule has 3 nitrogen and oxygen atoms in total. The number of hydrazine groups is 1. The van der Waals surface area contributed by atoms with Crippen molar-refractivity contribution in [3.05, 3.63) is 0 Å². The molecule has 37 valence electrons. The summed E-state index contributed by atoms with van der Waals surface area (Å²) in [4.78, 5) is 10.1. The van der Waals surface area contributed by atoms with Gasteiger partial charge in [-0.3, -0.25) is 0 Å². The maximum absolute atomic E-state index is 10.1. The number of nitrogens with zero attached hydrogens (tertiary/aromatic N) is 1. The van der Waals surface area contributed by atoms with Gasteiger partial charge in [0.15, 0.2) is 0 Å². The van der Waals surface area contributed by atoms with E-state index in [-0.39, 0.29) is 5.91 Å². The molecule has 4 heteroatoms. The van der Waals surface area contributed by atoms with Gasteiger partial charge in [0, 0.05) is 0 Å². The molecule has 0 fully saturated rings. The molecular weight excluding hydrogens is 281 g/mol. The van der Waals surface area contributed by atoms with E-state index in [4.69, 9.17) is 0 Å². The summed E-state index contributed by atoms with van der Waals surface area (Å²) in [6, 6.07) is 0. The van der Waals surface area contributed by atoms with Crippen molar-refractivity contribution >= 4 is 5.91 Å². The summed E-state index contributed by atoms with van der Waals surface area (Å²) in [7, 11) is 1.85. The molecule has 0 heterocycles. The third-order valence-electron chi connectivity index (χ3n) is 0.348. The maximum atomic E-state index is 10.1. The standard InChI is InChI=1S/C3H7N2O.Hg/c1-3(6)5-4-2;/h1-2H3,(H,5,6);/q-1;+1. The normalized spacial score (nSPS) is 9.29. The van der Waals surface area contributed by atoms with Crippen molar-refractivity contribution in [2.24, 2.45) is 0 Å². The summed E-state index contributed by atoms with van der Waals surface area (Å²) in [5, 5.41) is 0. The Kier molecular flexibility index (Phi) is 3.55. The molecule has 0 aromatic carbocycles. The molecule has 7 heavy (non-hydrogen) atoms. The van der Waals surface area contributed by atoms with Gasteiger partial charge in [0.1, 0.15) is 0 Å². The number of rotatable bonds is 1. The second-order valence-corrected chi connectivity index (χ2v) is 5.05. The summed E-state index contributed by atoms with van der Waals surface area (Å²) in [6.07, 6.45) is 0. The van der Waals surface area contributed by atoms with Crippen LogP contribution in [0.3, 0.4) is 0 Å². The molecule has 0 aromatic rings. The summed E-state index contributed by atoms with van der Waals surface area (Å²) in [5.41, 5.74) is 2.59. The van der Waals surface area contributed by atoms with Crippen LogP contribution in [0.4, 0.5) is 0 Å². The average Bonchev–Trinajstić information content (AvgIpc) is 1.27. The molecule has 0 saturated carbocycles. The van der Waals surface area contributed by atoms with E-state index < -0.39 is 0 Å². The topological polar surface area (TPSA) is 32.3 Å². The zero-order valence-electron chi connectivity index (χ0n) is 4.56. The van der Waals surface area contributed by atoms with E-state index in [1.54, 1.807) is 2.77 Å². The molecular formula is C3H7HgN2O. The van der Waals surface area contributed by atoms with Crippen LogP contribution in [0.1, 0.15) is 6.92 Å². The van der Waals surface area contributed by atoms with Crippen LogP contribution in [0.2, 0.25) is 0 Å². The molecule has 0 aromatic heterocycles. The fraction of sp³-hybridized carbons (Fsp3) is 0.667. The minimum absolute atomic E-state index is 0.0116. The van der Waals surface area contributed by atoms with Crippen LogP contribution >= 0.6 is 0 Å². The third kappa shape index (κ3) is 6.37. The number of hydrogen-bond acceptors (Lipinski definition) is 2. The third-order valence-corrected chi connectivity index (χ3v) is 0.963. The Morgan fingerprint density at radius 3 is 2.29 bits per heavy atom. The first-order valence-corrected chi connectivity index (χ1v) is 4.40. The molecule has 0 unspecified atom stereocenters. The predicted octanol–water partition coefficient (Wildman–Crippen LogP) is -0.569.